The monoisotopic (exact) mass is 318 g/mol. The van der Waals surface area contributed by atoms with Crippen LogP contribution in [0.4, 0.5) is 0 Å². The molecule has 0 N–H and O–H groups in total. The van der Waals surface area contributed by atoms with E-state index in [2.05, 4.69) is 16.9 Å². The second-order valence-corrected chi connectivity index (χ2v) is 8.01. The second-order valence-electron chi connectivity index (χ2n) is 8.01. The van der Waals surface area contributed by atoms with Gasteiger partial charge in [-0.3, -0.25) is 4.79 Å². The van der Waals surface area contributed by atoms with E-state index in [1.807, 2.05) is 40.1 Å². The van der Waals surface area contributed by atoms with Gasteiger partial charge in [0.15, 0.2) is 0 Å². The van der Waals surface area contributed by atoms with Gasteiger partial charge in [0, 0.05) is 23.4 Å². The van der Waals surface area contributed by atoms with Gasteiger partial charge in [0.05, 0.1) is 12.5 Å². The first-order valence-electron chi connectivity index (χ1n) is 8.77. The van der Waals surface area contributed by atoms with E-state index < -0.39 is 0 Å². The van der Waals surface area contributed by atoms with E-state index in [-0.39, 0.29) is 22.7 Å². The van der Waals surface area contributed by atoms with Gasteiger partial charge in [-0.15, -0.1) is 0 Å². The van der Waals surface area contributed by atoms with Crippen molar-refractivity contribution in [2.45, 2.75) is 78.1 Å². The summed E-state index contributed by atoms with van der Waals surface area (Å²) in [5.41, 5.74) is 0.697. The Kier molecular flexibility index (Phi) is 5.43. The number of hydrogen-bond donors (Lipinski definition) is 0. The van der Waals surface area contributed by atoms with Gasteiger partial charge in [-0.2, -0.15) is 0 Å². The molecule has 4 heteroatoms. The highest BCUT2D eigenvalue weighted by Crippen LogP contribution is 2.39. The van der Waals surface area contributed by atoms with Crippen LogP contribution in [0.15, 0.2) is 12.4 Å². The summed E-state index contributed by atoms with van der Waals surface area (Å²) < 4.78 is 5.26. The molecule has 1 aromatic heterocycles. The Hall–Kier alpha value is -1.45. The molecule has 2 rings (SSSR count). The number of nitrogens with zero attached hydrogens (tertiary/aromatic N) is 2. The number of carbonyl (C=O) groups excluding carboxylic acids is 1. The Morgan fingerprint density at radius 3 is 2.26 bits per heavy atom. The Morgan fingerprint density at radius 2 is 1.78 bits per heavy atom. The minimum Gasteiger partial charge on any atom is -0.466 e. The number of carbonyl (C=O) groups is 1. The summed E-state index contributed by atoms with van der Waals surface area (Å²) in [4.78, 5) is 21.6. The molecule has 0 saturated heterocycles. The second kappa shape index (κ2) is 6.98. The predicted octanol–water partition coefficient (Wildman–Crippen LogP) is 4.39. The summed E-state index contributed by atoms with van der Waals surface area (Å²) in [6.07, 6.45) is 9.75. The molecule has 1 unspecified atom stereocenters. The molecule has 1 fully saturated rings. The van der Waals surface area contributed by atoms with E-state index in [4.69, 9.17) is 4.74 Å². The first-order valence-corrected chi connectivity index (χ1v) is 8.77. The minimum absolute atomic E-state index is 0.0813. The Labute approximate surface area is 140 Å². The van der Waals surface area contributed by atoms with Gasteiger partial charge < -0.3 is 4.74 Å². The fourth-order valence-corrected chi connectivity index (χ4v) is 3.57. The van der Waals surface area contributed by atoms with Crippen molar-refractivity contribution < 1.29 is 9.53 Å². The van der Waals surface area contributed by atoms with Gasteiger partial charge in [0.2, 0.25) is 0 Å². The van der Waals surface area contributed by atoms with Gasteiger partial charge in [-0.05, 0) is 25.2 Å². The quantitative estimate of drug-likeness (QED) is 0.773. The van der Waals surface area contributed by atoms with Crippen molar-refractivity contribution in [1.29, 1.82) is 0 Å². The maximum absolute atomic E-state index is 12.4. The van der Waals surface area contributed by atoms with Crippen LogP contribution in [0.3, 0.4) is 0 Å². The van der Waals surface area contributed by atoms with Gasteiger partial charge in [0.1, 0.15) is 5.82 Å². The smallest absolute Gasteiger partial charge is 0.314 e. The lowest BCUT2D eigenvalue weighted by Gasteiger charge is -2.32. The number of ether oxygens (including phenoxy) is 1. The van der Waals surface area contributed by atoms with Crippen LogP contribution >= 0.6 is 0 Å². The summed E-state index contributed by atoms with van der Waals surface area (Å²) in [7, 11) is 0. The predicted molar refractivity (Wildman–Crippen MR) is 91.3 cm³/mol. The van der Waals surface area contributed by atoms with Crippen molar-refractivity contribution in [3.8, 4) is 0 Å². The topological polar surface area (TPSA) is 52.1 Å². The van der Waals surface area contributed by atoms with Crippen LogP contribution in [-0.2, 0) is 14.9 Å². The fourth-order valence-electron chi connectivity index (χ4n) is 3.57. The molecule has 0 spiro atoms. The van der Waals surface area contributed by atoms with Gasteiger partial charge in [0.25, 0.3) is 0 Å². The van der Waals surface area contributed by atoms with E-state index in [0.29, 0.717) is 6.61 Å². The van der Waals surface area contributed by atoms with Crippen LogP contribution in [0.5, 0.6) is 0 Å². The summed E-state index contributed by atoms with van der Waals surface area (Å²) in [5, 5.41) is 0. The van der Waals surface area contributed by atoms with E-state index in [9.17, 15) is 4.79 Å². The zero-order valence-corrected chi connectivity index (χ0v) is 15.2. The Balaban J connectivity index is 2.27. The molecule has 23 heavy (non-hydrogen) atoms. The van der Waals surface area contributed by atoms with Gasteiger partial charge >= 0.3 is 5.97 Å². The Morgan fingerprint density at radius 1 is 1.22 bits per heavy atom. The van der Waals surface area contributed by atoms with Gasteiger partial charge in [-0.1, -0.05) is 47.0 Å². The molecular weight excluding hydrogens is 288 g/mol. The van der Waals surface area contributed by atoms with Crippen LogP contribution in [-0.4, -0.2) is 22.5 Å². The molecule has 1 heterocycles. The van der Waals surface area contributed by atoms with Crippen molar-refractivity contribution in [3.05, 3.63) is 23.8 Å². The molecule has 0 amide bonds. The maximum atomic E-state index is 12.4. The van der Waals surface area contributed by atoms with Crippen molar-refractivity contribution >= 4 is 5.97 Å². The third-order valence-corrected chi connectivity index (χ3v) is 4.89. The van der Waals surface area contributed by atoms with E-state index >= 15 is 0 Å². The van der Waals surface area contributed by atoms with E-state index in [1.165, 1.54) is 19.3 Å². The molecule has 4 nitrogen and oxygen atoms in total. The van der Waals surface area contributed by atoms with E-state index in [1.54, 1.807) is 0 Å². The summed E-state index contributed by atoms with van der Waals surface area (Å²) in [5.74, 6) is 0.383. The largest absolute Gasteiger partial charge is 0.466 e. The first-order chi connectivity index (χ1) is 10.8. The third kappa shape index (κ3) is 4.10. The van der Waals surface area contributed by atoms with Crippen LogP contribution in [0.1, 0.15) is 84.0 Å². The van der Waals surface area contributed by atoms with Crippen molar-refractivity contribution in [3.63, 3.8) is 0 Å². The maximum Gasteiger partial charge on any atom is 0.314 e. The van der Waals surface area contributed by atoms with Crippen molar-refractivity contribution in [2.24, 2.45) is 5.41 Å². The van der Waals surface area contributed by atoms with Crippen LogP contribution in [0, 0.1) is 5.41 Å². The summed E-state index contributed by atoms with van der Waals surface area (Å²) >= 11 is 0. The lowest BCUT2D eigenvalue weighted by molar-refractivity contribution is -0.147. The highest BCUT2D eigenvalue weighted by Gasteiger charge is 2.36. The van der Waals surface area contributed by atoms with Crippen LogP contribution in [0.2, 0.25) is 0 Å². The molecule has 1 saturated carbocycles. The molecule has 1 aliphatic carbocycles. The zero-order chi connectivity index (χ0) is 17.1. The minimum atomic E-state index is -0.337. The normalized spacial score (nSPS) is 19.2. The highest BCUT2D eigenvalue weighted by molar-refractivity contribution is 5.78. The zero-order valence-electron chi connectivity index (χ0n) is 15.2. The molecule has 0 radical (unpaired) electrons. The molecule has 1 aliphatic rings. The van der Waals surface area contributed by atoms with Crippen LogP contribution in [0.25, 0.3) is 0 Å². The average Bonchev–Trinajstić information content (AvgIpc) is 2.47. The molecule has 0 aromatic carbocycles. The fraction of sp³-hybridized carbons (Fsp3) is 0.737. The molecule has 1 aromatic rings. The summed E-state index contributed by atoms with van der Waals surface area (Å²) in [6.45, 7) is 10.6. The molecule has 1 atom stereocenters. The van der Waals surface area contributed by atoms with Gasteiger partial charge in [-0.25, -0.2) is 9.97 Å². The SMILES string of the molecule is CCOC(=O)C(c1cnc(C2(C)CCCCC2)nc1)C(C)(C)C. The highest BCUT2D eigenvalue weighted by atomic mass is 16.5. The molecule has 0 aliphatic heterocycles. The van der Waals surface area contributed by atoms with E-state index in [0.717, 1.165) is 24.2 Å². The number of esters is 1. The first kappa shape index (κ1) is 17.9. The lowest BCUT2D eigenvalue weighted by atomic mass is 9.74. The average molecular weight is 318 g/mol. The van der Waals surface area contributed by atoms with Crippen LogP contribution < -0.4 is 0 Å². The lowest BCUT2D eigenvalue weighted by Crippen LogP contribution is -2.30. The third-order valence-electron chi connectivity index (χ3n) is 4.89. The molecule has 0 bridgehead atoms. The van der Waals surface area contributed by atoms with Crippen molar-refractivity contribution in [1.82, 2.24) is 9.97 Å². The molecular formula is C19H30N2O2. The Bertz CT molecular complexity index is 525. The number of rotatable bonds is 4. The van der Waals surface area contributed by atoms with Crippen molar-refractivity contribution in [2.75, 3.05) is 6.61 Å². The summed E-state index contributed by atoms with van der Waals surface area (Å²) in [6, 6.07) is 0. The number of aromatic nitrogens is 2. The number of hydrogen-bond acceptors (Lipinski definition) is 4. The molecule has 128 valence electrons. The standard InChI is InChI=1S/C19H30N2O2/c1-6-23-16(22)15(18(2,3)4)14-12-20-17(21-13-14)19(5)10-8-7-9-11-19/h12-13,15H,6-11H2,1-5H3.